The molecule has 1 aromatic carbocycles. The van der Waals surface area contributed by atoms with E-state index < -0.39 is 0 Å². The Bertz CT molecular complexity index is 449. The van der Waals surface area contributed by atoms with Crippen molar-refractivity contribution in [2.45, 2.75) is 65.0 Å². The van der Waals surface area contributed by atoms with Crippen molar-refractivity contribution >= 4 is 0 Å². The maximum Gasteiger partial charge on any atom is 0.127 e. The molecule has 3 atom stereocenters. The number of halogens is 1. The van der Waals surface area contributed by atoms with Crippen LogP contribution in [0.4, 0.5) is 4.39 Å². The van der Waals surface area contributed by atoms with E-state index in [0.29, 0.717) is 11.7 Å². The molecule has 3 heteroatoms. The van der Waals surface area contributed by atoms with Crippen LogP contribution in [0, 0.1) is 11.7 Å². The third-order valence-corrected chi connectivity index (χ3v) is 4.59. The molecule has 1 aliphatic rings. The minimum absolute atomic E-state index is 0.175. The van der Waals surface area contributed by atoms with Crippen LogP contribution in [0.15, 0.2) is 18.2 Å². The van der Waals surface area contributed by atoms with E-state index in [4.69, 9.17) is 4.74 Å². The predicted octanol–water partition coefficient (Wildman–Crippen LogP) is 4.84. The summed E-state index contributed by atoms with van der Waals surface area (Å²) in [5, 5.41) is 3.38. The Kier molecular flexibility index (Phi) is 6.04. The van der Waals surface area contributed by atoms with Gasteiger partial charge in [0.1, 0.15) is 17.7 Å². The summed E-state index contributed by atoms with van der Waals surface area (Å²) in [5.41, 5.74) is 1.05. The van der Waals surface area contributed by atoms with E-state index in [9.17, 15) is 4.39 Å². The molecule has 0 saturated heterocycles. The highest BCUT2D eigenvalue weighted by Crippen LogP contribution is 2.33. The molecule has 0 aliphatic heterocycles. The quantitative estimate of drug-likeness (QED) is 0.810. The standard InChI is InChI=1S/C18H28FNO/c1-4-14-8-6-7-9-17(14)21-18-12-15(19)10-11-16(18)13(3)20-5-2/h10-14,17,20H,4-9H2,1-3H3. The van der Waals surface area contributed by atoms with Crippen LogP contribution in [0.3, 0.4) is 0 Å². The molecule has 118 valence electrons. The van der Waals surface area contributed by atoms with Gasteiger partial charge in [0.25, 0.3) is 0 Å². The highest BCUT2D eigenvalue weighted by molar-refractivity contribution is 5.36. The molecule has 0 spiro atoms. The first-order valence-electron chi connectivity index (χ1n) is 8.35. The normalized spacial score (nSPS) is 23.8. The maximum absolute atomic E-state index is 13.6. The number of hydrogen-bond donors (Lipinski definition) is 1. The first-order chi connectivity index (χ1) is 10.2. The SMILES string of the molecule is CCNC(C)c1ccc(F)cc1OC1CCCCC1CC. The molecule has 0 aromatic heterocycles. The Hall–Kier alpha value is -1.09. The van der Waals surface area contributed by atoms with Crippen LogP contribution in [0.25, 0.3) is 0 Å². The van der Waals surface area contributed by atoms with Crippen LogP contribution in [0.1, 0.15) is 64.5 Å². The molecule has 1 N–H and O–H groups in total. The summed E-state index contributed by atoms with van der Waals surface area (Å²) in [6, 6.07) is 5.09. The van der Waals surface area contributed by atoms with Crippen molar-refractivity contribution < 1.29 is 9.13 Å². The average molecular weight is 293 g/mol. The van der Waals surface area contributed by atoms with Crippen LogP contribution in [0.2, 0.25) is 0 Å². The summed E-state index contributed by atoms with van der Waals surface area (Å²) < 4.78 is 19.9. The molecule has 1 saturated carbocycles. The van der Waals surface area contributed by atoms with Gasteiger partial charge in [-0.25, -0.2) is 4.39 Å². The van der Waals surface area contributed by atoms with Crippen molar-refractivity contribution in [3.8, 4) is 5.75 Å². The fourth-order valence-corrected chi connectivity index (χ4v) is 3.34. The van der Waals surface area contributed by atoms with E-state index in [-0.39, 0.29) is 18.0 Å². The first-order valence-corrected chi connectivity index (χ1v) is 8.35. The van der Waals surface area contributed by atoms with Gasteiger partial charge >= 0.3 is 0 Å². The van der Waals surface area contributed by atoms with Gasteiger partial charge in [-0.15, -0.1) is 0 Å². The summed E-state index contributed by atoms with van der Waals surface area (Å²) in [5.74, 6) is 1.10. The minimum Gasteiger partial charge on any atom is -0.490 e. The lowest BCUT2D eigenvalue weighted by Crippen LogP contribution is -2.30. The highest BCUT2D eigenvalue weighted by Gasteiger charge is 2.26. The predicted molar refractivity (Wildman–Crippen MR) is 85.2 cm³/mol. The Labute approximate surface area is 128 Å². The smallest absolute Gasteiger partial charge is 0.127 e. The fourth-order valence-electron chi connectivity index (χ4n) is 3.34. The Balaban J connectivity index is 2.19. The summed E-state index contributed by atoms with van der Waals surface area (Å²) in [4.78, 5) is 0. The Morgan fingerprint density at radius 3 is 2.76 bits per heavy atom. The van der Waals surface area contributed by atoms with Gasteiger partial charge in [0, 0.05) is 17.7 Å². The van der Waals surface area contributed by atoms with Gasteiger partial charge in [-0.05, 0) is 51.1 Å². The van der Waals surface area contributed by atoms with Gasteiger partial charge < -0.3 is 10.1 Å². The second kappa shape index (κ2) is 7.79. The first kappa shape index (κ1) is 16.3. The van der Waals surface area contributed by atoms with Gasteiger partial charge in [-0.1, -0.05) is 26.3 Å². The lowest BCUT2D eigenvalue weighted by atomic mass is 9.84. The van der Waals surface area contributed by atoms with E-state index >= 15 is 0 Å². The lowest BCUT2D eigenvalue weighted by Gasteiger charge is -2.32. The van der Waals surface area contributed by atoms with Crippen molar-refractivity contribution in [2.75, 3.05) is 6.54 Å². The number of hydrogen-bond acceptors (Lipinski definition) is 2. The van der Waals surface area contributed by atoms with E-state index in [1.54, 1.807) is 6.07 Å². The third-order valence-electron chi connectivity index (χ3n) is 4.59. The van der Waals surface area contributed by atoms with Crippen LogP contribution in [0.5, 0.6) is 5.75 Å². The van der Waals surface area contributed by atoms with Crippen molar-refractivity contribution in [3.63, 3.8) is 0 Å². The Morgan fingerprint density at radius 1 is 1.29 bits per heavy atom. The molecule has 1 aromatic rings. The molecule has 0 radical (unpaired) electrons. The van der Waals surface area contributed by atoms with Gasteiger partial charge in [-0.3, -0.25) is 0 Å². The average Bonchev–Trinajstić information content (AvgIpc) is 2.48. The zero-order valence-corrected chi connectivity index (χ0v) is 13.5. The van der Waals surface area contributed by atoms with Gasteiger partial charge in [0.2, 0.25) is 0 Å². The minimum atomic E-state index is -0.221. The van der Waals surface area contributed by atoms with Gasteiger partial charge in [0.05, 0.1) is 0 Å². The number of nitrogens with one attached hydrogen (secondary N) is 1. The molecule has 0 bridgehead atoms. The molecule has 0 amide bonds. The van der Waals surface area contributed by atoms with E-state index in [0.717, 1.165) is 24.9 Å². The lowest BCUT2D eigenvalue weighted by molar-refractivity contribution is 0.0885. The van der Waals surface area contributed by atoms with E-state index in [1.807, 2.05) is 6.07 Å². The monoisotopic (exact) mass is 293 g/mol. The van der Waals surface area contributed by atoms with Crippen LogP contribution < -0.4 is 10.1 Å². The molecule has 0 heterocycles. The largest absolute Gasteiger partial charge is 0.490 e. The van der Waals surface area contributed by atoms with Crippen molar-refractivity contribution in [3.05, 3.63) is 29.6 Å². The topological polar surface area (TPSA) is 21.3 Å². The summed E-state index contributed by atoms with van der Waals surface area (Å²) in [6.45, 7) is 7.29. The molecule has 1 fully saturated rings. The molecular weight excluding hydrogens is 265 g/mol. The van der Waals surface area contributed by atoms with Crippen molar-refractivity contribution in [1.29, 1.82) is 0 Å². The van der Waals surface area contributed by atoms with E-state index in [1.165, 1.54) is 25.3 Å². The molecule has 21 heavy (non-hydrogen) atoms. The number of benzene rings is 1. The maximum atomic E-state index is 13.6. The van der Waals surface area contributed by atoms with Crippen LogP contribution in [-0.2, 0) is 0 Å². The second-order valence-corrected chi connectivity index (χ2v) is 6.07. The van der Waals surface area contributed by atoms with Gasteiger partial charge in [-0.2, -0.15) is 0 Å². The van der Waals surface area contributed by atoms with E-state index in [2.05, 4.69) is 26.1 Å². The summed E-state index contributed by atoms with van der Waals surface area (Å²) in [6.07, 6.45) is 6.20. The molecule has 1 aliphatic carbocycles. The summed E-state index contributed by atoms with van der Waals surface area (Å²) >= 11 is 0. The van der Waals surface area contributed by atoms with Gasteiger partial charge in [0.15, 0.2) is 0 Å². The Morgan fingerprint density at radius 2 is 2.05 bits per heavy atom. The third kappa shape index (κ3) is 4.19. The zero-order chi connectivity index (χ0) is 15.2. The zero-order valence-electron chi connectivity index (χ0n) is 13.5. The van der Waals surface area contributed by atoms with Crippen LogP contribution >= 0.6 is 0 Å². The van der Waals surface area contributed by atoms with Crippen molar-refractivity contribution in [1.82, 2.24) is 5.32 Å². The second-order valence-electron chi connectivity index (χ2n) is 6.07. The molecule has 2 nitrogen and oxygen atoms in total. The molecule has 3 unspecified atom stereocenters. The molecular formula is C18H28FNO. The summed E-state index contributed by atoms with van der Waals surface area (Å²) in [7, 11) is 0. The number of rotatable bonds is 6. The molecule has 2 rings (SSSR count). The fraction of sp³-hybridized carbons (Fsp3) is 0.667. The number of ether oxygens (including phenoxy) is 1. The van der Waals surface area contributed by atoms with Crippen LogP contribution in [-0.4, -0.2) is 12.6 Å². The van der Waals surface area contributed by atoms with Crippen molar-refractivity contribution in [2.24, 2.45) is 5.92 Å². The highest BCUT2D eigenvalue weighted by atomic mass is 19.1.